The van der Waals surface area contributed by atoms with Gasteiger partial charge in [0.2, 0.25) is 0 Å². The van der Waals surface area contributed by atoms with Crippen LogP contribution in [0, 0.1) is 0 Å². The first-order chi connectivity index (χ1) is 19.2. The molecule has 10 heteroatoms. The molecule has 5 aromatic rings. The second-order valence-electron chi connectivity index (χ2n) is 9.64. The van der Waals surface area contributed by atoms with Gasteiger partial charge in [-0.1, -0.05) is 60.4 Å². The number of carbonyl (C=O) groups is 1. The van der Waals surface area contributed by atoms with Crippen molar-refractivity contribution in [3.05, 3.63) is 93.7 Å². The Bertz CT molecular complexity index is 1660. The highest BCUT2D eigenvalue weighted by molar-refractivity contribution is 7.95. The lowest BCUT2D eigenvalue weighted by atomic mass is 10.0. The van der Waals surface area contributed by atoms with E-state index in [0.717, 1.165) is 37.6 Å². The van der Waals surface area contributed by atoms with Crippen molar-refractivity contribution in [3.63, 3.8) is 0 Å². The van der Waals surface area contributed by atoms with E-state index in [1.54, 1.807) is 29.5 Å². The van der Waals surface area contributed by atoms with E-state index in [1.807, 2.05) is 74.7 Å². The fraction of sp³-hybridized carbons (Fsp3) is 0.200. The Morgan fingerprint density at radius 2 is 1.82 bits per heavy atom. The standard InChI is InChI=1S/C30H27Cl2N3O3S2/c1-17(2)29-22(28(33-38-29)27-23(31)9-6-10-24(27)32)16-37-21-12-11-19-14-25(39-26(19)15-21)18-7-5-8-20(13-18)30(36)34-40-35(3)4/h5-15,17H,16H2,1-4H3,(H,34,36). The third-order valence-corrected chi connectivity index (χ3v) is 8.57. The highest BCUT2D eigenvalue weighted by Crippen LogP contribution is 2.40. The van der Waals surface area contributed by atoms with Gasteiger partial charge in [-0.05, 0) is 73.6 Å². The van der Waals surface area contributed by atoms with E-state index < -0.39 is 0 Å². The molecule has 206 valence electrons. The van der Waals surface area contributed by atoms with Gasteiger partial charge < -0.3 is 9.26 Å². The first kappa shape index (κ1) is 28.5. The maximum absolute atomic E-state index is 12.5. The van der Waals surface area contributed by atoms with E-state index in [4.69, 9.17) is 32.5 Å². The van der Waals surface area contributed by atoms with Crippen LogP contribution in [-0.2, 0) is 6.61 Å². The molecule has 0 aliphatic heterocycles. The van der Waals surface area contributed by atoms with Gasteiger partial charge in [0, 0.05) is 38.8 Å². The van der Waals surface area contributed by atoms with Crippen LogP contribution >= 0.6 is 46.7 Å². The highest BCUT2D eigenvalue weighted by Gasteiger charge is 2.24. The van der Waals surface area contributed by atoms with Crippen molar-refractivity contribution in [1.82, 2.24) is 14.2 Å². The minimum absolute atomic E-state index is 0.0998. The molecule has 1 amide bonds. The van der Waals surface area contributed by atoms with Crippen LogP contribution in [-0.4, -0.2) is 29.5 Å². The average molecular weight is 613 g/mol. The summed E-state index contributed by atoms with van der Waals surface area (Å²) in [6.45, 7) is 4.33. The molecule has 0 spiro atoms. The van der Waals surface area contributed by atoms with Crippen molar-refractivity contribution >= 4 is 62.7 Å². The van der Waals surface area contributed by atoms with Crippen LogP contribution in [0.1, 0.15) is 41.4 Å². The number of carbonyl (C=O) groups excluding carboxylic acids is 1. The van der Waals surface area contributed by atoms with Crippen LogP contribution in [0.5, 0.6) is 5.75 Å². The lowest BCUT2D eigenvalue weighted by Gasteiger charge is -2.11. The molecule has 6 nitrogen and oxygen atoms in total. The van der Waals surface area contributed by atoms with Crippen molar-refractivity contribution in [2.24, 2.45) is 0 Å². The molecule has 0 fully saturated rings. The number of hydrogen-bond acceptors (Lipinski definition) is 7. The van der Waals surface area contributed by atoms with Gasteiger partial charge in [0.1, 0.15) is 23.8 Å². The Morgan fingerprint density at radius 1 is 1.07 bits per heavy atom. The lowest BCUT2D eigenvalue weighted by molar-refractivity contribution is 0.0983. The Balaban J connectivity index is 1.39. The monoisotopic (exact) mass is 611 g/mol. The lowest BCUT2D eigenvalue weighted by Crippen LogP contribution is -2.20. The molecule has 5 rings (SSSR count). The van der Waals surface area contributed by atoms with Crippen LogP contribution in [0.2, 0.25) is 10.0 Å². The molecule has 0 aliphatic rings. The Hall–Kier alpha value is -3.01. The summed E-state index contributed by atoms with van der Waals surface area (Å²) in [6, 6.07) is 21.1. The van der Waals surface area contributed by atoms with Crippen molar-refractivity contribution in [2.75, 3.05) is 14.1 Å². The molecule has 2 heterocycles. The van der Waals surface area contributed by atoms with Gasteiger partial charge in [0.05, 0.1) is 15.6 Å². The van der Waals surface area contributed by atoms with Crippen LogP contribution in [0.3, 0.4) is 0 Å². The second-order valence-corrected chi connectivity index (χ2v) is 12.7. The van der Waals surface area contributed by atoms with Crippen LogP contribution in [0.25, 0.3) is 31.8 Å². The number of halogens is 2. The minimum atomic E-state index is -0.135. The van der Waals surface area contributed by atoms with Crippen LogP contribution in [0.4, 0.5) is 0 Å². The molecular weight excluding hydrogens is 585 g/mol. The Kier molecular flexibility index (Phi) is 8.73. The Labute approximate surface area is 251 Å². The highest BCUT2D eigenvalue weighted by atomic mass is 35.5. The van der Waals surface area contributed by atoms with Gasteiger partial charge in [-0.3, -0.25) is 9.52 Å². The van der Waals surface area contributed by atoms with Gasteiger partial charge in [0.15, 0.2) is 0 Å². The Morgan fingerprint density at radius 3 is 2.55 bits per heavy atom. The fourth-order valence-electron chi connectivity index (χ4n) is 4.24. The summed E-state index contributed by atoms with van der Waals surface area (Å²) in [5.74, 6) is 1.42. The number of benzene rings is 3. The zero-order valence-corrected chi connectivity index (χ0v) is 25.5. The summed E-state index contributed by atoms with van der Waals surface area (Å²) >= 11 is 15.9. The van der Waals surface area contributed by atoms with E-state index in [1.165, 1.54) is 12.1 Å². The molecule has 3 aromatic carbocycles. The topological polar surface area (TPSA) is 67.6 Å². The van der Waals surface area contributed by atoms with E-state index in [2.05, 4.69) is 15.9 Å². The number of amides is 1. The summed E-state index contributed by atoms with van der Waals surface area (Å²) in [7, 11) is 3.75. The largest absolute Gasteiger partial charge is 0.489 e. The molecule has 0 saturated heterocycles. The summed E-state index contributed by atoms with van der Waals surface area (Å²) in [4.78, 5) is 13.6. The number of fused-ring (bicyclic) bond motifs is 1. The number of nitrogens with one attached hydrogen (secondary N) is 1. The van der Waals surface area contributed by atoms with E-state index in [9.17, 15) is 4.79 Å². The predicted molar refractivity (Wildman–Crippen MR) is 166 cm³/mol. The van der Waals surface area contributed by atoms with Crippen LogP contribution < -0.4 is 9.46 Å². The quantitative estimate of drug-likeness (QED) is 0.168. The summed E-state index contributed by atoms with van der Waals surface area (Å²) in [5, 5.41) is 6.42. The van der Waals surface area contributed by atoms with Crippen molar-refractivity contribution in [3.8, 4) is 27.4 Å². The zero-order chi connectivity index (χ0) is 28.4. The van der Waals surface area contributed by atoms with E-state index in [0.29, 0.717) is 26.9 Å². The van der Waals surface area contributed by atoms with Crippen LogP contribution in [0.15, 0.2) is 71.3 Å². The molecule has 0 unspecified atom stereocenters. The normalized spacial score (nSPS) is 11.5. The third kappa shape index (κ3) is 6.16. The second kappa shape index (κ2) is 12.2. The van der Waals surface area contributed by atoms with Crippen molar-refractivity contribution in [1.29, 1.82) is 0 Å². The van der Waals surface area contributed by atoms with Gasteiger partial charge in [-0.2, -0.15) is 0 Å². The molecule has 40 heavy (non-hydrogen) atoms. The fourth-order valence-corrected chi connectivity index (χ4v) is 6.29. The van der Waals surface area contributed by atoms with Gasteiger partial charge >= 0.3 is 0 Å². The number of ether oxygens (including phenoxy) is 1. The van der Waals surface area contributed by atoms with Gasteiger partial charge in [-0.25, -0.2) is 4.31 Å². The first-order valence-electron chi connectivity index (χ1n) is 12.6. The van der Waals surface area contributed by atoms with E-state index in [-0.39, 0.29) is 18.4 Å². The molecule has 0 bridgehead atoms. The molecule has 0 saturated carbocycles. The number of aromatic nitrogens is 1. The third-order valence-electron chi connectivity index (χ3n) is 6.15. The maximum Gasteiger partial charge on any atom is 0.262 e. The zero-order valence-electron chi connectivity index (χ0n) is 22.3. The number of thiophene rings is 1. The molecule has 0 aliphatic carbocycles. The predicted octanol–water partition coefficient (Wildman–Crippen LogP) is 9.09. The minimum Gasteiger partial charge on any atom is -0.489 e. The average Bonchev–Trinajstić information content (AvgIpc) is 3.55. The van der Waals surface area contributed by atoms with Crippen molar-refractivity contribution in [2.45, 2.75) is 26.4 Å². The molecule has 2 aromatic heterocycles. The number of rotatable bonds is 9. The first-order valence-corrected chi connectivity index (χ1v) is 14.9. The molecule has 1 N–H and O–H groups in total. The maximum atomic E-state index is 12.5. The van der Waals surface area contributed by atoms with Gasteiger partial charge in [0.25, 0.3) is 5.91 Å². The molecule has 0 radical (unpaired) electrons. The summed E-state index contributed by atoms with van der Waals surface area (Å²) in [5.41, 5.74) is 3.64. The summed E-state index contributed by atoms with van der Waals surface area (Å²) < 4.78 is 17.7. The van der Waals surface area contributed by atoms with Gasteiger partial charge in [-0.15, -0.1) is 11.3 Å². The van der Waals surface area contributed by atoms with E-state index >= 15 is 0 Å². The smallest absolute Gasteiger partial charge is 0.262 e. The SMILES string of the molecule is CC(C)c1onc(-c2c(Cl)cccc2Cl)c1COc1ccc2cc(-c3cccc(C(=O)NSN(C)C)c3)sc2c1. The van der Waals surface area contributed by atoms with Crippen molar-refractivity contribution < 1.29 is 14.1 Å². The summed E-state index contributed by atoms with van der Waals surface area (Å²) in [6.07, 6.45) is 0. The molecular formula is C30H27Cl2N3O3S2. The number of hydrogen-bond donors (Lipinski definition) is 1. The number of nitrogens with zero attached hydrogens (tertiary/aromatic N) is 2. The molecule has 0 atom stereocenters.